The summed E-state index contributed by atoms with van der Waals surface area (Å²) >= 11 is 0. The lowest BCUT2D eigenvalue weighted by Gasteiger charge is -2.31. The number of carbonyl (C=O) groups excluding carboxylic acids is 1. The summed E-state index contributed by atoms with van der Waals surface area (Å²) in [5.74, 6) is -0.307. The van der Waals surface area contributed by atoms with Crippen LogP contribution in [0.4, 0.5) is 0 Å². The predicted molar refractivity (Wildman–Crippen MR) is 69.2 cm³/mol. The Morgan fingerprint density at radius 3 is 2.33 bits per heavy atom. The molecule has 0 N–H and O–H groups in total. The van der Waals surface area contributed by atoms with E-state index >= 15 is 0 Å². The molecule has 18 heavy (non-hydrogen) atoms. The van der Waals surface area contributed by atoms with Crippen LogP contribution in [0.1, 0.15) is 39.7 Å². The molecular formula is C14H21NO3. The van der Waals surface area contributed by atoms with Gasteiger partial charge in [0.15, 0.2) is 0 Å². The molecule has 0 atom stereocenters. The summed E-state index contributed by atoms with van der Waals surface area (Å²) in [6.07, 6.45) is 0.321. The van der Waals surface area contributed by atoms with Crippen molar-refractivity contribution in [1.82, 2.24) is 5.23 Å². The van der Waals surface area contributed by atoms with Crippen LogP contribution in [-0.2, 0) is 21.1 Å². The fourth-order valence-corrected chi connectivity index (χ4v) is 1.22. The number of hydrogen-bond acceptors (Lipinski definition) is 4. The third-order valence-corrected chi connectivity index (χ3v) is 2.21. The van der Waals surface area contributed by atoms with Crippen molar-refractivity contribution in [2.75, 3.05) is 0 Å². The van der Waals surface area contributed by atoms with Gasteiger partial charge in [-0.15, -0.1) is 0 Å². The fourth-order valence-electron chi connectivity index (χ4n) is 1.22. The van der Waals surface area contributed by atoms with Crippen molar-refractivity contribution in [2.24, 2.45) is 0 Å². The first kappa shape index (κ1) is 14.7. The Bertz CT molecular complexity index is 370. The minimum Gasteiger partial charge on any atom is -0.342 e. The second-order valence-corrected chi connectivity index (χ2v) is 5.00. The Balaban J connectivity index is 2.59. The zero-order valence-electron chi connectivity index (χ0n) is 11.5. The Morgan fingerprint density at radius 2 is 1.83 bits per heavy atom. The topological polar surface area (TPSA) is 38.8 Å². The van der Waals surface area contributed by atoms with Gasteiger partial charge in [0.1, 0.15) is 0 Å². The first-order valence-corrected chi connectivity index (χ1v) is 6.11. The van der Waals surface area contributed by atoms with Gasteiger partial charge in [0.2, 0.25) is 0 Å². The maximum atomic E-state index is 11.3. The van der Waals surface area contributed by atoms with E-state index < -0.39 is 5.54 Å². The molecule has 4 heteroatoms. The largest absolute Gasteiger partial charge is 0.342 e. The number of nitrogens with zero attached hydrogens (tertiary/aromatic N) is 1. The van der Waals surface area contributed by atoms with Gasteiger partial charge in [-0.05, 0) is 31.6 Å². The van der Waals surface area contributed by atoms with E-state index in [-0.39, 0.29) is 5.97 Å². The summed E-state index contributed by atoms with van der Waals surface area (Å²) in [4.78, 5) is 22.0. The maximum Gasteiger partial charge on any atom is 0.327 e. The van der Waals surface area contributed by atoms with E-state index in [1.54, 1.807) is 6.92 Å². The predicted octanol–water partition coefficient (Wildman–Crippen LogP) is 3.09. The van der Waals surface area contributed by atoms with Crippen LogP contribution in [0.15, 0.2) is 30.3 Å². The van der Waals surface area contributed by atoms with Crippen LogP contribution in [0, 0.1) is 0 Å². The third kappa shape index (κ3) is 4.85. The Labute approximate surface area is 108 Å². The van der Waals surface area contributed by atoms with Gasteiger partial charge < -0.3 is 4.84 Å². The van der Waals surface area contributed by atoms with Crippen LogP contribution in [0.2, 0.25) is 0 Å². The number of hydrogen-bond donors (Lipinski definition) is 0. The number of benzene rings is 1. The van der Waals surface area contributed by atoms with E-state index in [4.69, 9.17) is 9.68 Å². The highest BCUT2D eigenvalue weighted by atomic mass is 17.0. The van der Waals surface area contributed by atoms with Gasteiger partial charge in [-0.1, -0.05) is 37.3 Å². The first-order valence-electron chi connectivity index (χ1n) is 6.11. The van der Waals surface area contributed by atoms with Gasteiger partial charge >= 0.3 is 5.97 Å². The van der Waals surface area contributed by atoms with E-state index in [1.165, 1.54) is 5.23 Å². The monoisotopic (exact) mass is 251 g/mol. The SMILES string of the molecule is CCC(=O)ON(OCc1ccccc1)C(C)(C)C. The van der Waals surface area contributed by atoms with Crippen LogP contribution < -0.4 is 0 Å². The molecule has 100 valence electrons. The van der Waals surface area contributed by atoms with Gasteiger partial charge in [-0.3, -0.25) is 9.63 Å². The summed E-state index contributed by atoms with van der Waals surface area (Å²) in [5, 5.41) is 1.27. The van der Waals surface area contributed by atoms with Crippen molar-refractivity contribution in [2.45, 2.75) is 46.3 Å². The smallest absolute Gasteiger partial charge is 0.327 e. The van der Waals surface area contributed by atoms with Gasteiger partial charge in [-0.2, -0.15) is 0 Å². The number of carbonyl (C=O) groups is 1. The molecule has 0 radical (unpaired) electrons. The lowest BCUT2D eigenvalue weighted by molar-refractivity contribution is -0.388. The normalized spacial score (nSPS) is 11.6. The van der Waals surface area contributed by atoms with Crippen molar-refractivity contribution in [3.8, 4) is 0 Å². The van der Waals surface area contributed by atoms with Gasteiger partial charge in [-0.25, -0.2) is 0 Å². The Morgan fingerprint density at radius 1 is 1.22 bits per heavy atom. The highest BCUT2D eigenvalue weighted by Gasteiger charge is 2.26. The summed E-state index contributed by atoms with van der Waals surface area (Å²) in [6.45, 7) is 7.87. The molecule has 0 spiro atoms. The van der Waals surface area contributed by atoms with Crippen molar-refractivity contribution in [1.29, 1.82) is 0 Å². The van der Waals surface area contributed by atoms with Gasteiger partial charge in [0.25, 0.3) is 0 Å². The molecule has 1 aromatic rings. The average molecular weight is 251 g/mol. The van der Waals surface area contributed by atoms with Crippen LogP contribution in [0.25, 0.3) is 0 Å². The van der Waals surface area contributed by atoms with E-state index in [0.717, 1.165) is 5.56 Å². The molecule has 0 aliphatic rings. The van der Waals surface area contributed by atoms with Gasteiger partial charge in [0.05, 0.1) is 12.1 Å². The molecule has 0 aromatic heterocycles. The van der Waals surface area contributed by atoms with Crippen molar-refractivity contribution < 1.29 is 14.5 Å². The average Bonchev–Trinajstić information content (AvgIpc) is 2.34. The van der Waals surface area contributed by atoms with Gasteiger partial charge in [0, 0.05) is 6.42 Å². The lowest BCUT2D eigenvalue weighted by Crippen LogP contribution is -2.42. The Kier molecular flexibility index (Phi) is 5.31. The van der Waals surface area contributed by atoms with Crippen LogP contribution in [-0.4, -0.2) is 16.7 Å². The van der Waals surface area contributed by atoms with E-state index in [9.17, 15) is 4.79 Å². The molecule has 0 amide bonds. The minimum atomic E-state index is -0.403. The van der Waals surface area contributed by atoms with E-state index in [2.05, 4.69) is 0 Å². The van der Waals surface area contributed by atoms with Crippen molar-refractivity contribution >= 4 is 5.97 Å². The number of hydroxylamine groups is 2. The van der Waals surface area contributed by atoms with E-state index in [0.29, 0.717) is 13.0 Å². The number of rotatable bonds is 5. The summed E-state index contributed by atoms with van der Waals surface area (Å²) in [6, 6.07) is 9.75. The zero-order valence-corrected chi connectivity index (χ0v) is 11.5. The highest BCUT2D eigenvalue weighted by molar-refractivity contribution is 5.68. The minimum absolute atomic E-state index is 0.307. The molecule has 1 rings (SSSR count). The Hall–Kier alpha value is -1.39. The molecular weight excluding hydrogens is 230 g/mol. The first-order chi connectivity index (χ1) is 8.43. The molecule has 1 aromatic carbocycles. The standard InChI is InChI=1S/C14H21NO3/c1-5-13(16)18-15(14(2,3)4)17-11-12-9-7-6-8-10-12/h6-10H,5,11H2,1-4H3. The summed E-state index contributed by atoms with van der Waals surface area (Å²) in [7, 11) is 0. The second kappa shape index (κ2) is 6.52. The molecule has 4 nitrogen and oxygen atoms in total. The summed E-state index contributed by atoms with van der Waals surface area (Å²) in [5.41, 5.74) is 0.624. The van der Waals surface area contributed by atoms with Crippen molar-refractivity contribution in [3.63, 3.8) is 0 Å². The van der Waals surface area contributed by atoms with Crippen LogP contribution >= 0.6 is 0 Å². The maximum absolute atomic E-state index is 11.3. The summed E-state index contributed by atoms with van der Waals surface area (Å²) < 4.78 is 0. The molecule has 0 heterocycles. The van der Waals surface area contributed by atoms with E-state index in [1.807, 2.05) is 51.1 Å². The zero-order chi connectivity index (χ0) is 13.6. The molecule has 0 saturated heterocycles. The highest BCUT2D eigenvalue weighted by Crippen LogP contribution is 2.16. The molecule has 0 unspecified atom stereocenters. The quantitative estimate of drug-likeness (QED) is 0.754. The van der Waals surface area contributed by atoms with Crippen LogP contribution in [0.5, 0.6) is 0 Å². The molecule has 0 bridgehead atoms. The molecule has 0 saturated carbocycles. The third-order valence-electron chi connectivity index (χ3n) is 2.21. The molecule has 0 fully saturated rings. The van der Waals surface area contributed by atoms with Crippen LogP contribution in [0.3, 0.4) is 0 Å². The fraction of sp³-hybridized carbons (Fsp3) is 0.500. The second-order valence-electron chi connectivity index (χ2n) is 5.00. The lowest BCUT2D eigenvalue weighted by atomic mass is 10.1. The molecule has 0 aliphatic heterocycles. The van der Waals surface area contributed by atoms with Crippen molar-refractivity contribution in [3.05, 3.63) is 35.9 Å². The molecule has 0 aliphatic carbocycles.